The van der Waals surface area contributed by atoms with E-state index in [2.05, 4.69) is 19.9 Å². The first kappa shape index (κ1) is 35.8. The van der Waals surface area contributed by atoms with Crippen molar-refractivity contribution in [2.45, 2.75) is 91.0 Å². The number of fused-ring (bicyclic) bond motifs is 1. The summed E-state index contributed by atoms with van der Waals surface area (Å²) < 4.78 is 39.3. The number of H-pyrrole nitrogens is 1. The number of aromatic amines is 1. The summed E-state index contributed by atoms with van der Waals surface area (Å²) in [5.41, 5.74) is 2.47. The van der Waals surface area contributed by atoms with Crippen molar-refractivity contribution in [1.82, 2.24) is 19.9 Å². The van der Waals surface area contributed by atoms with Crippen molar-refractivity contribution < 1.29 is 22.5 Å². The third kappa shape index (κ3) is 7.50. The minimum Gasteiger partial charge on any atom is -0.451 e. The Morgan fingerprint density at radius 3 is 2.58 bits per heavy atom. The summed E-state index contributed by atoms with van der Waals surface area (Å²) in [7, 11) is -1.00. The number of anilines is 1. The SMILES string of the molecule is CC(C)N(C(=O)c1cc(F)ccc1Oc1cncnc1N1CCC2(CC(Cc3ccc4oc(=O)[nH]c4c3)C(CS(=O)C(C)(C)C)C2)C1)C(C)C. The third-order valence-electron chi connectivity index (χ3n) is 10.2. The maximum atomic E-state index is 14.5. The molecule has 2 fully saturated rings. The molecule has 0 radical (unpaired) electrons. The van der Waals surface area contributed by atoms with Crippen LogP contribution in [-0.2, 0) is 17.2 Å². The van der Waals surface area contributed by atoms with Gasteiger partial charge in [0.05, 0.1) is 17.3 Å². The van der Waals surface area contributed by atoms with E-state index in [1.165, 1.54) is 24.5 Å². The zero-order valence-electron chi connectivity index (χ0n) is 30.0. The van der Waals surface area contributed by atoms with Crippen LogP contribution in [0.3, 0.4) is 0 Å². The molecule has 1 saturated heterocycles. The molecule has 4 unspecified atom stereocenters. The second-order valence-corrected chi connectivity index (χ2v) is 17.9. The number of hydrogen-bond acceptors (Lipinski definition) is 8. The Labute approximate surface area is 295 Å². The number of carbonyl (C=O) groups excluding carboxylic acids is 1. The number of nitrogens with zero attached hydrogens (tertiary/aromatic N) is 4. The number of nitrogens with one attached hydrogen (secondary N) is 1. The molecule has 1 aliphatic carbocycles. The zero-order valence-corrected chi connectivity index (χ0v) is 30.8. The highest BCUT2D eigenvalue weighted by atomic mass is 32.2. The van der Waals surface area contributed by atoms with Gasteiger partial charge in [-0.2, -0.15) is 0 Å². The van der Waals surface area contributed by atoms with E-state index in [1.54, 1.807) is 11.1 Å². The fourth-order valence-electron chi connectivity index (χ4n) is 7.99. The molecule has 2 aromatic carbocycles. The van der Waals surface area contributed by atoms with Crippen molar-refractivity contribution in [3.63, 3.8) is 0 Å². The molecule has 1 saturated carbocycles. The molecule has 12 heteroatoms. The fourth-order valence-corrected chi connectivity index (χ4v) is 9.27. The van der Waals surface area contributed by atoms with Crippen LogP contribution in [0.4, 0.5) is 10.2 Å². The van der Waals surface area contributed by atoms with Crippen LogP contribution in [0.1, 0.15) is 83.7 Å². The lowest BCUT2D eigenvalue weighted by Gasteiger charge is -2.31. The second-order valence-electron chi connectivity index (χ2n) is 15.6. The van der Waals surface area contributed by atoms with Crippen LogP contribution >= 0.6 is 0 Å². The molecule has 3 heterocycles. The minimum absolute atomic E-state index is 0.0142. The second kappa shape index (κ2) is 13.9. The van der Waals surface area contributed by atoms with Gasteiger partial charge in [0.25, 0.3) is 5.91 Å². The molecular weight excluding hydrogens is 658 g/mol. The van der Waals surface area contributed by atoms with Gasteiger partial charge >= 0.3 is 5.76 Å². The van der Waals surface area contributed by atoms with E-state index in [0.29, 0.717) is 34.3 Å². The van der Waals surface area contributed by atoms with Crippen molar-refractivity contribution in [2.75, 3.05) is 23.7 Å². The lowest BCUT2D eigenvalue weighted by atomic mass is 9.83. The smallest absolute Gasteiger partial charge is 0.417 e. The number of aromatic nitrogens is 3. The summed E-state index contributed by atoms with van der Waals surface area (Å²) in [6.45, 7) is 15.3. The summed E-state index contributed by atoms with van der Waals surface area (Å²) in [4.78, 5) is 41.1. The summed E-state index contributed by atoms with van der Waals surface area (Å²) in [5, 5.41) is 0. The molecule has 6 rings (SSSR count). The van der Waals surface area contributed by atoms with E-state index in [0.717, 1.165) is 44.3 Å². The first-order chi connectivity index (χ1) is 23.6. The maximum Gasteiger partial charge on any atom is 0.417 e. The van der Waals surface area contributed by atoms with Crippen molar-refractivity contribution in [2.24, 2.45) is 17.3 Å². The van der Waals surface area contributed by atoms with Crippen LogP contribution in [0, 0.1) is 23.1 Å². The van der Waals surface area contributed by atoms with Crippen LogP contribution in [0.25, 0.3) is 11.1 Å². The van der Waals surface area contributed by atoms with Crippen LogP contribution in [0.5, 0.6) is 11.5 Å². The number of amides is 1. The number of ether oxygens (including phenoxy) is 1. The average molecular weight is 706 g/mol. The molecule has 4 atom stereocenters. The van der Waals surface area contributed by atoms with E-state index in [9.17, 15) is 18.2 Å². The number of oxazole rings is 1. The summed E-state index contributed by atoms with van der Waals surface area (Å²) in [6.07, 6.45) is 6.75. The van der Waals surface area contributed by atoms with Crippen molar-refractivity contribution >= 4 is 33.6 Å². The van der Waals surface area contributed by atoms with Crippen molar-refractivity contribution in [1.29, 1.82) is 0 Å². The van der Waals surface area contributed by atoms with E-state index < -0.39 is 22.4 Å². The van der Waals surface area contributed by atoms with E-state index >= 15 is 0 Å². The number of halogens is 1. The van der Waals surface area contributed by atoms with Gasteiger partial charge in [-0.15, -0.1) is 0 Å². The molecule has 268 valence electrons. The van der Waals surface area contributed by atoms with Crippen LogP contribution in [-0.4, -0.2) is 65.6 Å². The van der Waals surface area contributed by atoms with Gasteiger partial charge in [-0.05, 0) is 127 Å². The molecule has 2 aliphatic rings. The lowest BCUT2D eigenvalue weighted by Crippen LogP contribution is -2.42. The molecular formula is C38H48FN5O5S. The standard InChI is InChI=1S/C38H48FN5O5S/c1-23(2)44(24(3)4)35(45)29-16-28(39)9-11-31(29)48-33-19-40-22-41-34(33)43-13-12-38(21-43)17-26(27(18-38)20-50(47)37(5,6)7)14-25-8-10-32-30(15-25)42-36(46)49-32/h8-11,15-16,19,22-24,26-27H,12-14,17-18,20-21H2,1-7H3,(H,42,46). The minimum atomic E-state index is -1.00. The van der Waals surface area contributed by atoms with Crippen LogP contribution in [0.2, 0.25) is 0 Å². The van der Waals surface area contributed by atoms with Gasteiger partial charge < -0.3 is 19.0 Å². The van der Waals surface area contributed by atoms with Gasteiger partial charge in [-0.1, -0.05) is 6.07 Å². The molecule has 1 aliphatic heterocycles. The highest BCUT2D eigenvalue weighted by Crippen LogP contribution is 2.53. The Balaban J connectivity index is 1.25. The number of hydrogen-bond donors (Lipinski definition) is 1. The van der Waals surface area contributed by atoms with Gasteiger partial charge in [0.2, 0.25) is 0 Å². The Morgan fingerprint density at radius 1 is 1.12 bits per heavy atom. The number of carbonyl (C=O) groups is 1. The zero-order chi connectivity index (χ0) is 36.0. The van der Waals surface area contributed by atoms with E-state index in [4.69, 9.17) is 9.15 Å². The molecule has 10 nitrogen and oxygen atoms in total. The molecule has 50 heavy (non-hydrogen) atoms. The molecule has 0 bridgehead atoms. The summed E-state index contributed by atoms with van der Waals surface area (Å²) >= 11 is 0. The third-order valence-corrected chi connectivity index (χ3v) is 12.3. The molecule has 2 aromatic heterocycles. The Kier molecular flexibility index (Phi) is 9.96. The monoisotopic (exact) mass is 705 g/mol. The number of benzene rings is 2. The van der Waals surface area contributed by atoms with Crippen LogP contribution < -0.4 is 15.4 Å². The Morgan fingerprint density at radius 2 is 1.86 bits per heavy atom. The Hall–Kier alpha value is -4.06. The molecule has 4 aromatic rings. The summed E-state index contributed by atoms with van der Waals surface area (Å²) in [5.74, 6) is 1.16. The lowest BCUT2D eigenvalue weighted by molar-refractivity contribution is 0.0640. The predicted molar refractivity (Wildman–Crippen MR) is 194 cm³/mol. The fraction of sp³-hybridized carbons (Fsp3) is 0.526. The predicted octanol–water partition coefficient (Wildman–Crippen LogP) is 7.11. The van der Waals surface area contributed by atoms with Gasteiger partial charge in [0, 0.05) is 46.5 Å². The topological polar surface area (TPSA) is 122 Å². The van der Waals surface area contributed by atoms with E-state index in [-0.39, 0.29) is 45.4 Å². The largest absolute Gasteiger partial charge is 0.451 e. The van der Waals surface area contributed by atoms with Gasteiger partial charge in [-0.25, -0.2) is 19.2 Å². The van der Waals surface area contributed by atoms with Gasteiger partial charge in [0.1, 0.15) is 17.9 Å². The van der Waals surface area contributed by atoms with Crippen molar-refractivity contribution in [3.05, 3.63) is 76.4 Å². The van der Waals surface area contributed by atoms with Crippen molar-refractivity contribution in [3.8, 4) is 11.5 Å². The van der Waals surface area contributed by atoms with Crippen LogP contribution in [0.15, 0.2) is 58.1 Å². The molecule has 1 spiro atoms. The summed E-state index contributed by atoms with van der Waals surface area (Å²) in [6, 6.07) is 9.67. The molecule has 1 N–H and O–H groups in total. The first-order valence-electron chi connectivity index (χ1n) is 17.5. The van der Waals surface area contributed by atoms with E-state index in [1.807, 2.05) is 66.7 Å². The maximum absolute atomic E-state index is 14.5. The quantitative estimate of drug-likeness (QED) is 0.185. The number of rotatable bonds is 10. The average Bonchev–Trinajstić information content (AvgIpc) is 3.72. The highest BCUT2D eigenvalue weighted by molar-refractivity contribution is 7.86. The Bertz CT molecular complexity index is 1940. The normalized spacial score (nSPS) is 21.5. The molecule has 1 amide bonds. The van der Waals surface area contributed by atoms with Gasteiger partial charge in [-0.3, -0.25) is 14.0 Å². The highest BCUT2D eigenvalue weighted by Gasteiger charge is 2.50. The van der Waals surface area contributed by atoms with Gasteiger partial charge in [0.15, 0.2) is 17.2 Å². The first-order valence-corrected chi connectivity index (χ1v) is 18.8.